The van der Waals surface area contributed by atoms with Crippen molar-refractivity contribution in [3.63, 3.8) is 0 Å². The molecule has 3 rings (SSSR count). The largest absolute Gasteiger partial charge is 0.476 e. The summed E-state index contributed by atoms with van der Waals surface area (Å²) in [5.41, 5.74) is -0.0225. The molecule has 0 fully saturated rings. The molecule has 0 atom stereocenters. The van der Waals surface area contributed by atoms with E-state index in [-0.39, 0.29) is 5.69 Å². The van der Waals surface area contributed by atoms with Crippen LogP contribution < -0.4 is 0 Å². The summed E-state index contributed by atoms with van der Waals surface area (Å²) in [7, 11) is 0. The highest BCUT2D eigenvalue weighted by Gasteiger charge is 2.13. The Kier molecular flexibility index (Phi) is 3.35. The average molecular weight is 282 g/mol. The van der Waals surface area contributed by atoms with Crippen LogP contribution in [0.15, 0.2) is 64.8 Å². The first kappa shape index (κ1) is 12.6. The Balaban J connectivity index is 1.99. The molecule has 0 saturated heterocycles. The highest BCUT2D eigenvalue weighted by Crippen LogP contribution is 2.30. The summed E-state index contributed by atoms with van der Waals surface area (Å²) in [5, 5.41) is 11.8. The van der Waals surface area contributed by atoms with Crippen LogP contribution in [0.5, 0.6) is 0 Å². The van der Waals surface area contributed by atoms with E-state index in [0.29, 0.717) is 5.03 Å². The van der Waals surface area contributed by atoms with E-state index in [1.54, 1.807) is 0 Å². The minimum Gasteiger partial charge on any atom is -0.476 e. The van der Waals surface area contributed by atoms with Crippen molar-refractivity contribution >= 4 is 28.5 Å². The minimum absolute atomic E-state index is 0.0225. The van der Waals surface area contributed by atoms with Gasteiger partial charge in [0.05, 0.1) is 0 Å². The third kappa shape index (κ3) is 2.48. The number of hydrogen-bond donors (Lipinski definition) is 1. The molecule has 5 heteroatoms. The van der Waals surface area contributed by atoms with E-state index in [9.17, 15) is 4.79 Å². The highest BCUT2D eigenvalue weighted by molar-refractivity contribution is 7.99. The van der Waals surface area contributed by atoms with E-state index in [2.05, 4.69) is 9.97 Å². The molecular formula is C15H10N2O2S. The summed E-state index contributed by atoms with van der Waals surface area (Å²) in [5.74, 6) is -1.07. The summed E-state index contributed by atoms with van der Waals surface area (Å²) in [6.07, 6.45) is 2.88. The zero-order chi connectivity index (χ0) is 13.9. The van der Waals surface area contributed by atoms with Crippen molar-refractivity contribution in [2.75, 3.05) is 0 Å². The molecule has 0 aliphatic heterocycles. The molecule has 0 spiro atoms. The van der Waals surface area contributed by atoms with Crippen molar-refractivity contribution in [1.82, 2.24) is 9.97 Å². The van der Waals surface area contributed by atoms with Crippen molar-refractivity contribution in [3.8, 4) is 0 Å². The van der Waals surface area contributed by atoms with E-state index in [1.165, 1.54) is 24.2 Å². The van der Waals surface area contributed by atoms with Crippen LogP contribution in [0.2, 0.25) is 0 Å². The fourth-order valence-corrected chi connectivity index (χ4v) is 2.78. The SMILES string of the molecule is O=C(O)c1nccnc1Sc1ccc2ccccc2c1. The fourth-order valence-electron chi connectivity index (χ4n) is 1.89. The predicted octanol–water partition coefficient (Wildman–Crippen LogP) is 3.48. The van der Waals surface area contributed by atoms with E-state index in [0.717, 1.165) is 15.7 Å². The fraction of sp³-hybridized carbons (Fsp3) is 0. The number of benzene rings is 2. The van der Waals surface area contributed by atoms with Gasteiger partial charge in [0.25, 0.3) is 0 Å². The zero-order valence-corrected chi connectivity index (χ0v) is 11.2. The third-order valence-electron chi connectivity index (χ3n) is 2.80. The van der Waals surface area contributed by atoms with Gasteiger partial charge in [0.2, 0.25) is 0 Å². The van der Waals surface area contributed by atoms with E-state index < -0.39 is 5.97 Å². The lowest BCUT2D eigenvalue weighted by molar-refractivity contribution is 0.0685. The van der Waals surface area contributed by atoms with Crippen LogP contribution >= 0.6 is 11.8 Å². The predicted molar refractivity (Wildman–Crippen MR) is 77.1 cm³/mol. The summed E-state index contributed by atoms with van der Waals surface area (Å²) in [6.45, 7) is 0. The summed E-state index contributed by atoms with van der Waals surface area (Å²) < 4.78 is 0. The van der Waals surface area contributed by atoms with E-state index >= 15 is 0 Å². The normalized spacial score (nSPS) is 10.6. The molecule has 3 aromatic rings. The van der Waals surface area contributed by atoms with Crippen LogP contribution in [-0.4, -0.2) is 21.0 Å². The quantitative estimate of drug-likeness (QED) is 0.796. The Morgan fingerprint density at radius 2 is 1.75 bits per heavy atom. The topological polar surface area (TPSA) is 63.1 Å². The van der Waals surface area contributed by atoms with Gasteiger partial charge < -0.3 is 5.11 Å². The number of aromatic nitrogens is 2. The Hall–Kier alpha value is -2.40. The van der Waals surface area contributed by atoms with Crippen LogP contribution in [0.3, 0.4) is 0 Å². The average Bonchev–Trinajstić information content (AvgIpc) is 2.47. The van der Waals surface area contributed by atoms with Crippen LogP contribution in [0.25, 0.3) is 10.8 Å². The van der Waals surface area contributed by atoms with Gasteiger partial charge in [-0.3, -0.25) is 0 Å². The van der Waals surface area contributed by atoms with Gasteiger partial charge in [0.15, 0.2) is 5.69 Å². The number of fused-ring (bicyclic) bond motifs is 1. The van der Waals surface area contributed by atoms with Crippen LogP contribution in [0.4, 0.5) is 0 Å². The summed E-state index contributed by atoms with van der Waals surface area (Å²) in [6, 6.07) is 14.0. The van der Waals surface area contributed by atoms with Gasteiger partial charge in [0.1, 0.15) is 5.03 Å². The number of hydrogen-bond acceptors (Lipinski definition) is 4. The Bertz CT molecular complexity index is 789. The van der Waals surface area contributed by atoms with Gasteiger partial charge in [0, 0.05) is 17.3 Å². The first-order valence-electron chi connectivity index (χ1n) is 5.95. The molecule has 0 amide bonds. The molecule has 0 radical (unpaired) electrons. The second kappa shape index (κ2) is 5.30. The molecule has 1 aromatic heterocycles. The molecule has 98 valence electrons. The number of carbonyl (C=O) groups is 1. The monoisotopic (exact) mass is 282 g/mol. The first-order valence-corrected chi connectivity index (χ1v) is 6.76. The summed E-state index contributed by atoms with van der Waals surface area (Å²) in [4.78, 5) is 20.0. The third-order valence-corrected chi connectivity index (χ3v) is 3.78. The molecule has 4 nitrogen and oxygen atoms in total. The van der Waals surface area contributed by atoms with Crippen LogP contribution in [-0.2, 0) is 0 Å². The molecule has 0 aliphatic carbocycles. The molecule has 0 saturated carbocycles. The van der Waals surface area contributed by atoms with Crippen molar-refractivity contribution in [2.45, 2.75) is 9.92 Å². The van der Waals surface area contributed by atoms with Crippen LogP contribution in [0.1, 0.15) is 10.5 Å². The maximum absolute atomic E-state index is 11.1. The number of nitrogens with zero attached hydrogens (tertiary/aromatic N) is 2. The first-order chi connectivity index (χ1) is 9.74. The van der Waals surface area contributed by atoms with Crippen molar-refractivity contribution in [2.24, 2.45) is 0 Å². The van der Waals surface area contributed by atoms with Gasteiger partial charge in [-0.25, -0.2) is 14.8 Å². The number of carboxylic acid groups (broad SMARTS) is 1. The Labute approximate surface area is 119 Å². The van der Waals surface area contributed by atoms with Gasteiger partial charge in [-0.15, -0.1) is 0 Å². The van der Waals surface area contributed by atoms with E-state index in [4.69, 9.17) is 5.11 Å². The van der Waals surface area contributed by atoms with Crippen molar-refractivity contribution < 1.29 is 9.90 Å². The number of carboxylic acids is 1. The summed E-state index contributed by atoms with van der Waals surface area (Å²) >= 11 is 1.30. The standard InChI is InChI=1S/C15H10N2O2S/c18-15(19)13-14(17-8-7-16-13)20-12-6-5-10-3-1-2-4-11(10)9-12/h1-9H,(H,18,19). The zero-order valence-electron chi connectivity index (χ0n) is 10.4. The Morgan fingerprint density at radius 1 is 1.00 bits per heavy atom. The van der Waals surface area contributed by atoms with Gasteiger partial charge in [-0.1, -0.05) is 42.1 Å². The molecule has 0 aliphatic rings. The minimum atomic E-state index is -1.07. The lowest BCUT2D eigenvalue weighted by atomic mass is 10.1. The maximum Gasteiger partial charge on any atom is 0.357 e. The second-order valence-corrected chi connectivity index (χ2v) is 5.19. The van der Waals surface area contributed by atoms with E-state index in [1.807, 2.05) is 42.5 Å². The molecule has 2 aromatic carbocycles. The second-order valence-electron chi connectivity index (χ2n) is 4.13. The molecule has 0 unspecified atom stereocenters. The Morgan fingerprint density at radius 3 is 2.55 bits per heavy atom. The molecule has 0 bridgehead atoms. The van der Waals surface area contributed by atoms with Crippen molar-refractivity contribution in [1.29, 1.82) is 0 Å². The lowest BCUT2D eigenvalue weighted by Gasteiger charge is -2.05. The maximum atomic E-state index is 11.1. The van der Waals surface area contributed by atoms with Gasteiger partial charge >= 0.3 is 5.97 Å². The van der Waals surface area contributed by atoms with Crippen LogP contribution in [0, 0.1) is 0 Å². The smallest absolute Gasteiger partial charge is 0.357 e. The molecule has 20 heavy (non-hydrogen) atoms. The van der Waals surface area contributed by atoms with Crippen molar-refractivity contribution in [3.05, 3.63) is 60.6 Å². The number of aromatic carboxylic acids is 1. The molecule has 1 heterocycles. The van der Waals surface area contributed by atoms with Gasteiger partial charge in [-0.2, -0.15) is 0 Å². The molecular weight excluding hydrogens is 272 g/mol. The molecule has 1 N–H and O–H groups in total. The highest BCUT2D eigenvalue weighted by atomic mass is 32.2. The van der Waals surface area contributed by atoms with Gasteiger partial charge in [-0.05, 0) is 22.9 Å². The lowest BCUT2D eigenvalue weighted by Crippen LogP contribution is -2.03. The number of rotatable bonds is 3.